The third-order valence-corrected chi connectivity index (χ3v) is 3.35. The van der Waals surface area contributed by atoms with Crippen molar-refractivity contribution in [3.8, 4) is 6.07 Å². The molecule has 0 amide bonds. The second kappa shape index (κ2) is 5.48. The van der Waals surface area contributed by atoms with Crippen molar-refractivity contribution in [2.75, 3.05) is 26.7 Å². The highest BCUT2D eigenvalue weighted by molar-refractivity contribution is 4.87. The maximum atomic E-state index is 8.79. The van der Waals surface area contributed by atoms with E-state index in [1.807, 2.05) is 0 Å². The maximum Gasteiger partial charge on any atom is 0.0656 e. The van der Waals surface area contributed by atoms with Crippen LogP contribution in [0.15, 0.2) is 0 Å². The van der Waals surface area contributed by atoms with Crippen molar-refractivity contribution in [3.05, 3.63) is 0 Å². The van der Waals surface area contributed by atoms with Crippen LogP contribution in [0.5, 0.6) is 0 Å². The van der Waals surface area contributed by atoms with Gasteiger partial charge in [0.1, 0.15) is 0 Å². The van der Waals surface area contributed by atoms with Crippen molar-refractivity contribution in [3.63, 3.8) is 0 Å². The van der Waals surface area contributed by atoms with E-state index < -0.39 is 0 Å². The van der Waals surface area contributed by atoms with Crippen molar-refractivity contribution >= 4 is 0 Å². The maximum absolute atomic E-state index is 8.79. The summed E-state index contributed by atoms with van der Waals surface area (Å²) in [7, 11) is 1.77. The number of methoxy groups -OCH3 is 1. The van der Waals surface area contributed by atoms with Gasteiger partial charge in [0.15, 0.2) is 0 Å². The number of nitriles is 1. The first-order valence-corrected chi connectivity index (χ1v) is 5.74. The highest BCUT2D eigenvalue weighted by Gasteiger charge is 2.22. The van der Waals surface area contributed by atoms with Crippen molar-refractivity contribution < 1.29 is 4.74 Å². The van der Waals surface area contributed by atoms with E-state index in [9.17, 15) is 0 Å². The number of ether oxygens (including phenoxy) is 1. The third kappa shape index (κ3) is 4.19. The highest BCUT2D eigenvalue weighted by atomic mass is 16.5. The third-order valence-electron chi connectivity index (χ3n) is 3.35. The molecule has 86 valence electrons. The molecule has 1 saturated heterocycles. The lowest BCUT2D eigenvalue weighted by Crippen LogP contribution is -2.37. The van der Waals surface area contributed by atoms with Gasteiger partial charge in [-0.2, -0.15) is 5.26 Å². The number of rotatable bonds is 4. The van der Waals surface area contributed by atoms with Crippen molar-refractivity contribution in [1.82, 2.24) is 4.90 Å². The van der Waals surface area contributed by atoms with Crippen molar-refractivity contribution in [2.24, 2.45) is 5.92 Å². The van der Waals surface area contributed by atoms with Crippen LogP contribution in [0.1, 0.15) is 33.1 Å². The van der Waals surface area contributed by atoms with Gasteiger partial charge in [0.2, 0.25) is 0 Å². The second-order valence-corrected chi connectivity index (χ2v) is 4.96. The minimum absolute atomic E-state index is 0.0217. The van der Waals surface area contributed by atoms with Gasteiger partial charge in [-0.25, -0.2) is 0 Å². The molecule has 3 heteroatoms. The van der Waals surface area contributed by atoms with Crippen LogP contribution in [-0.2, 0) is 4.74 Å². The number of piperidine rings is 1. The molecule has 1 fully saturated rings. The Hall–Kier alpha value is -0.590. The molecule has 3 nitrogen and oxygen atoms in total. The molecule has 0 atom stereocenters. The summed E-state index contributed by atoms with van der Waals surface area (Å²) in [6.45, 7) is 7.46. The highest BCUT2D eigenvalue weighted by Crippen LogP contribution is 2.19. The molecule has 0 N–H and O–H groups in total. The average Bonchev–Trinajstić information content (AvgIpc) is 2.27. The Labute approximate surface area is 93.0 Å². The lowest BCUT2D eigenvalue weighted by atomic mass is 9.97. The predicted octanol–water partition coefficient (Wildman–Crippen LogP) is 2.04. The molecule has 1 rings (SSSR count). The van der Waals surface area contributed by atoms with Gasteiger partial charge < -0.3 is 9.64 Å². The van der Waals surface area contributed by atoms with E-state index in [1.165, 1.54) is 0 Å². The second-order valence-electron chi connectivity index (χ2n) is 4.96. The summed E-state index contributed by atoms with van der Waals surface area (Å²) in [5, 5.41) is 8.79. The zero-order valence-corrected chi connectivity index (χ0v) is 10.1. The Morgan fingerprint density at radius 2 is 2.00 bits per heavy atom. The minimum Gasteiger partial charge on any atom is -0.379 e. The zero-order valence-electron chi connectivity index (χ0n) is 10.1. The largest absolute Gasteiger partial charge is 0.379 e. The molecule has 0 radical (unpaired) electrons. The van der Waals surface area contributed by atoms with Crippen LogP contribution in [0.3, 0.4) is 0 Å². The first-order valence-electron chi connectivity index (χ1n) is 5.74. The Morgan fingerprint density at radius 1 is 1.40 bits per heavy atom. The Kier molecular flexibility index (Phi) is 4.56. The molecule has 1 aliphatic rings. The van der Waals surface area contributed by atoms with Crippen LogP contribution in [-0.4, -0.2) is 37.2 Å². The topological polar surface area (TPSA) is 36.3 Å². The summed E-state index contributed by atoms with van der Waals surface area (Å²) in [5.41, 5.74) is -0.0217. The molecule has 1 heterocycles. The SMILES string of the molecule is COC(C)(C)CCN1CCC(C#N)CC1. The quantitative estimate of drug-likeness (QED) is 0.712. The molecule has 0 bridgehead atoms. The zero-order chi connectivity index (χ0) is 11.3. The Balaban J connectivity index is 2.22. The Morgan fingerprint density at radius 3 is 2.47 bits per heavy atom. The van der Waals surface area contributed by atoms with Crippen LogP contribution < -0.4 is 0 Å². The molecular formula is C12H22N2O. The molecule has 0 aliphatic carbocycles. The van der Waals surface area contributed by atoms with E-state index in [4.69, 9.17) is 10.00 Å². The van der Waals surface area contributed by atoms with Gasteiger partial charge in [-0.3, -0.25) is 0 Å². The van der Waals surface area contributed by atoms with Crippen molar-refractivity contribution in [2.45, 2.75) is 38.7 Å². The van der Waals surface area contributed by atoms with Gasteiger partial charge in [-0.15, -0.1) is 0 Å². The number of nitrogens with zero attached hydrogens (tertiary/aromatic N) is 2. The summed E-state index contributed by atoms with van der Waals surface area (Å²) in [5.74, 6) is 0.289. The van der Waals surface area contributed by atoms with Crippen LogP contribution >= 0.6 is 0 Å². The van der Waals surface area contributed by atoms with Gasteiger partial charge in [0.05, 0.1) is 11.7 Å². The summed E-state index contributed by atoms with van der Waals surface area (Å²) in [6.07, 6.45) is 3.12. The molecule has 0 saturated carbocycles. The molecule has 0 spiro atoms. The fourth-order valence-corrected chi connectivity index (χ4v) is 1.82. The average molecular weight is 210 g/mol. The molecule has 0 unspecified atom stereocenters. The van der Waals surface area contributed by atoms with Gasteiger partial charge in [-0.1, -0.05) is 0 Å². The van der Waals surface area contributed by atoms with Gasteiger partial charge >= 0.3 is 0 Å². The van der Waals surface area contributed by atoms with Gasteiger partial charge in [0, 0.05) is 19.6 Å². The summed E-state index contributed by atoms with van der Waals surface area (Å²) >= 11 is 0. The fourth-order valence-electron chi connectivity index (χ4n) is 1.82. The number of hydrogen-bond acceptors (Lipinski definition) is 3. The van der Waals surface area contributed by atoms with E-state index in [1.54, 1.807) is 7.11 Å². The summed E-state index contributed by atoms with van der Waals surface area (Å²) < 4.78 is 5.39. The van der Waals surface area contributed by atoms with Crippen LogP contribution in [0.4, 0.5) is 0 Å². The molecule has 0 aromatic rings. The van der Waals surface area contributed by atoms with Crippen LogP contribution in [0.25, 0.3) is 0 Å². The van der Waals surface area contributed by atoms with Gasteiger partial charge in [-0.05, 0) is 46.2 Å². The number of hydrogen-bond donors (Lipinski definition) is 0. The van der Waals surface area contributed by atoms with Crippen LogP contribution in [0, 0.1) is 17.2 Å². The molecule has 15 heavy (non-hydrogen) atoms. The van der Waals surface area contributed by atoms with E-state index in [0.717, 1.165) is 38.9 Å². The molecule has 0 aromatic heterocycles. The lowest BCUT2D eigenvalue weighted by Gasteiger charge is -2.32. The van der Waals surface area contributed by atoms with E-state index in [2.05, 4.69) is 24.8 Å². The lowest BCUT2D eigenvalue weighted by molar-refractivity contribution is 0.00549. The smallest absolute Gasteiger partial charge is 0.0656 e. The first-order chi connectivity index (χ1) is 7.07. The standard InChI is InChI=1S/C12H22N2O/c1-12(2,15-3)6-9-14-7-4-11(10-13)5-8-14/h11H,4-9H2,1-3H3. The molecular weight excluding hydrogens is 188 g/mol. The van der Waals surface area contributed by atoms with Crippen LogP contribution in [0.2, 0.25) is 0 Å². The summed E-state index contributed by atoms with van der Waals surface area (Å²) in [6, 6.07) is 2.36. The number of likely N-dealkylation sites (tertiary alicyclic amines) is 1. The Bertz CT molecular complexity index is 224. The molecule has 0 aromatic carbocycles. The fraction of sp³-hybridized carbons (Fsp3) is 0.917. The van der Waals surface area contributed by atoms with Gasteiger partial charge in [0.25, 0.3) is 0 Å². The minimum atomic E-state index is -0.0217. The van der Waals surface area contributed by atoms with E-state index >= 15 is 0 Å². The first kappa shape index (κ1) is 12.5. The van der Waals surface area contributed by atoms with Crippen molar-refractivity contribution in [1.29, 1.82) is 5.26 Å². The normalized spacial score (nSPS) is 20.1. The predicted molar refractivity (Wildman–Crippen MR) is 60.5 cm³/mol. The molecule has 1 aliphatic heterocycles. The monoisotopic (exact) mass is 210 g/mol. The summed E-state index contributed by atoms with van der Waals surface area (Å²) in [4.78, 5) is 2.44. The van der Waals surface area contributed by atoms with E-state index in [-0.39, 0.29) is 11.5 Å². The van der Waals surface area contributed by atoms with E-state index in [0.29, 0.717) is 0 Å².